The number of ether oxygens (including phenoxy) is 1. The van der Waals surface area contributed by atoms with Crippen LogP contribution in [-0.4, -0.2) is 48.9 Å². The van der Waals surface area contributed by atoms with Crippen LogP contribution in [0.4, 0.5) is 9.18 Å². The van der Waals surface area contributed by atoms with E-state index in [-0.39, 0.29) is 19.0 Å². The van der Waals surface area contributed by atoms with Crippen LogP contribution in [0.25, 0.3) is 0 Å². The minimum Gasteiger partial charge on any atom is -0.444 e. The van der Waals surface area contributed by atoms with Gasteiger partial charge in [0, 0.05) is 19.6 Å². The van der Waals surface area contributed by atoms with Gasteiger partial charge in [0.1, 0.15) is 11.8 Å². The molecule has 1 aliphatic rings. The number of nitrogens with one attached hydrogen (secondary N) is 1. The van der Waals surface area contributed by atoms with Gasteiger partial charge in [-0.15, -0.1) is 12.4 Å². The van der Waals surface area contributed by atoms with Crippen LogP contribution >= 0.6 is 12.4 Å². The molecule has 96 valence electrons. The van der Waals surface area contributed by atoms with Crippen molar-refractivity contribution in [3.05, 3.63) is 0 Å². The van der Waals surface area contributed by atoms with Crippen LogP contribution in [0.5, 0.6) is 0 Å². The van der Waals surface area contributed by atoms with Gasteiger partial charge in [-0.1, -0.05) is 0 Å². The molecule has 0 aromatic rings. The topological polar surface area (TPSA) is 41.6 Å². The van der Waals surface area contributed by atoms with Crippen molar-refractivity contribution in [2.24, 2.45) is 0 Å². The first-order chi connectivity index (χ1) is 6.88. The van der Waals surface area contributed by atoms with E-state index in [1.165, 1.54) is 4.90 Å². The molecule has 1 rings (SSSR count). The molecule has 4 nitrogen and oxygen atoms in total. The second kappa shape index (κ2) is 6.25. The number of carbonyl (C=O) groups is 1. The number of hydrogen-bond donors (Lipinski definition) is 1. The lowest BCUT2D eigenvalue weighted by molar-refractivity contribution is 0.0229. The van der Waals surface area contributed by atoms with Crippen molar-refractivity contribution in [1.82, 2.24) is 10.2 Å². The zero-order chi connectivity index (χ0) is 11.5. The number of amides is 1. The second-order valence-electron chi connectivity index (χ2n) is 4.73. The number of nitrogens with zero attached hydrogens (tertiary/aromatic N) is 1. The lowest BCUT2D eigenvalue weighted by Crippen LogP contribution is -2.40. The van der Waals surface area contributed by atoms with Crippen LogP contribution in [0.3, 0.4) is 0 Å². The van der Waals surface area contributed by atoms with Crippen molar-refractivity contribution >= 4 is 18.5 Å². The van der Waals surface area contributed by atoms with E-state index in [2.05, 4.69) is 5.32 Å². The molecule has 1 amide bonds. The molecule has 1 aliphatic heterocycles. The maximum absolute atomic E-state index is 13.2. The summed E-state index contributed by atoms with van der Waals surface area (Å²) >= 11 is 0. The van der Waals surface area contributed by atoms with E-state index in [4.69, 9.17) is 4.74 Å². The van der Waals surface area contributed by atoms with E-state index < -0.39 is 17.9 Å². The van der Waals surface area contributed by atoms with Gasteiger partial charge in [0.15, 0.2) is 0 Å². The van der Waals surface area contributed by atoms with Gasteiger partial charge in [-0.3, -0.25) is 0 Å². The predicted octanol–water partition coefficient (Wildman–Crippen LogP) is 1.59. The molecule has 1 N–H and O–H groups in total. The number of carbonyl (C=O) groups excluding carboxylic acids is 1. The highest BCUT2D eigenvalue weighted by atomic mass is 35.5. The lowest BCUT2D eigenvalue weighted by atomic mass is 10.2. The van der Waals surface area contributed by atoms with Crippen molar-refractivity contribution in [2.75, 3.05) is 26.2 Å². The zero-order valence-electron chi connectivity index (χ0n) is 9.96. The van der Waals surface area contributed by atoms with Gasteiger partial charge < -0.3 is 15.0 Å². The third-order valence-electron chi connectivity index (χ3n) is 1.99. The van der Waals surface area contributed by atoms with E-state index in [0.29, 0.717) is 19.6 Å². The largest absolute Gasteiger partial charge is 0.444 e. The average Bonchev–Trinajstić information content (AvgIpc) is 2.26. The summed E-state index contributed by atoms with van der Waals surface area (Å²) in [7, 11) is 0. The first-order valence-corrected chi connectivity index (χ1v) is 5.21. The van der Waals surface area contributed by atoms with Gasteiger partial charge in [0.05, 0.1) is 6.54 Å². The van der Waals surface area contributed by atoms with Gasteiger partial charge >= 0.3 is 6.09 Å². The van der Waals surface area contributed by atoms with Crippen LogP contribution in [-0.2, 0) is 4.74 Å². The van der Waals surface area contributed by atoms with E-state index in [1.807, 2.05) is 0 Å². The molecule has 0 aliphatic carbocycles. The molecule has 16 heavy (non-hydrogen) atoms. The highest BCUT2D eigenvalue weighted by Crippen LogP contribution is 2.11. The standard InChI is InChI=1S/C10H19FN2O2.ClH/c1-10(2,3)15-9(14)13-5-4-12-6-8(11)7-13;/h8,12H,4-7H2,1-3H3;1H. The Morgan fingerprint density at radius 3 is 2.69 bits per heavy atom. The molecular weight excluding hydrogens is 235 g/mol. The highest BCUT2D eigenvalue weighted by molar-refractivity contribution is 5.85. The number of rotatable bonds is 0. The molecule has 1 saturated heterocycles. The number of halogens is 2. The van der Waals surface area contributed by atoms with Crippen molar-refractivity contribution in [3.8, 4) is 0 Å². The van der Waals surface area contributed by atoms with Crippen molar-refractivity contribution in [2.45, 2.75) is 32.5 Å². The fraction of sp³-hybridized carbons (Fsp3) is 0.900. The third-order valence-corrected chi connectivity index (χ3v) is 1.99. The van der Waals surface area contributed by atoms with Crippen molar-refractivity contribution in [1.29, 1.82) is 0 Å². The minimum atomic E-state index is -1.01. The monoisotopic (exact) mass is 254 g/mol. The summed E-state index contributed by atoms with van der Waals surface area (Å²) < 4.78 is 18.3. The van der Waals surface area contributed by atoms with Crippen LogP contribution in [0.15, 0.2) is 0 Å². The van der Waals surface area contributed by atoms with Crippen LogP contribution < -0.4 is 5.32 Å². The molecule has 0 radical (unpaired) electrons. The minimum absolute atomic E-state index is 0. The SMILES string of the molecule is CC(C)(C)OC(=O)N1CCNCC(F)C1.Cl. The third kappa shape index (κ3) is 5.51. The van der Waals surface area contributed by atoms with Gasteiger partial charge in [0.2, 0.25) is 0 Å². The summed E-state index contributed by atoms with van der Waals surface area (Å²) in [5.41, 5.74) is -0.525. The molecule has 1 heterocycles. The molecule has 1 fully saturated rings. The first kappa shape index (κ1) is 15.4. The van der Waals surface area contributed by atoms with Crippen LogP contribution in [0.2, 0.25) is 0 Å². The molecular formula is C10H20ClFN2O2. The fourth-order valence-corrected chi connectivity index (χ4v) is 1.36. The predicted molar refractivity (Wildman–Crippen MR) is 62.8 cm³/mol. The van der Waals surface area contributed by atoms with E-state index in [1.54, 1.807) is 20.8 Å². The Labute approximate surface area is 102 Å². The number of hydrogen-bond acceptors (Lipinski definition) is 3. The summed E-state index contributed by atoms with van der Waals surface area (Å²) in [4.78, 5) is 13.0. The summed E-state index contributed by atoms with van der Waals surface area (Å²) in [6, 6.07) is 0. The van der Waals surface area contributed by atoms with E-state index in [0.717, 1.165) is 0 Å². The van der Waals surface area contributed by atoms with Gasteiger partial charge in [0.25, 0.3) is 0 Å². The summed E-state index contributed by atoms with van der Waals surface area (Å²) in [5.74, 6) is 0. The summed E-state index contributed by atoms with van der Waals surface area (Å²) in [6.45, 7) is 6.92. The van der Waals surface area contributed by atoms with Crippen molar-refractivity contribution < 1.29 is 13.9 Å². The Kier molecular flexibility index (Phi) is 6.04. The van der Waals surface area contributed by atoms with Gasteiger partial charge in [-0.25, -0.2) is 9.18 Å². The molecule has 0 aromatic carbocycles. The molecule has 0 spiro atoms. The summed E-state index contributed by atoms with van der Waals surface area (Å²) in [6.07, 6.45) is -1.45. The Balaban J connectivity index is 0.00000225. The maximum atomic E-state index is 13.2. The molecule has 0 bridgehead atoms. The second-order valence-corrected chi connectivity index (χ2v) is 4.73. The van der Waals surface area contributed by atoms with Crippen molar-refractivity contribution in [3.63, 3.8) is 0 Å². The Morgan fingerprint density at radius 1 is 1.50 bits per heavy atom. The Hall–Kier alpha value is -0.550. The normalized spacial score (nSPS) is 22.0. The zero-order valence-corrected chi connectivity index (χ0v) is 10.8. The maximum Gasteiger partial charge on any atom is 0.410 e. The molecule has 0 saturated carbocycles. The molecule has 1 unspecified atom stereocenters. The van der Waals surface area contributed by atoms with Crippen LogP contribution in [0.1, 0.15) is 20.8 Å². The Morgan fingerprint density at radius 2 is 2.12 bits per heavy atom. The molecule has 1 atom stereocenters. The fourth-order valence-electron chi connectivity index (χ4n) is 1.36. The van der Waals surface area contributed by atoms with E-state index in [9.17, 15) is 9.18 Å². The number of alkyl halides is 1. The highest BCUT2D eigenvalue weighted by Gasteiger charge is 2.25. The smallest absolute Gasteiger partial charge is 0.410 e. The quantitative estimate of drug-likeness (QED) is 0.714. The molecule has 0 aromatic heterocycles. The summed E-state index contributed by atoms with van der Waals surface area (Å²) in [5, 5.41) is 2.92. The van der Waals surface area contributed by atoms with E-state index >= 15 is 0 Å². The average molecular weight is 255 g/mol. The first-order valence-electron chi connectivity index (χ1n) is 5.21. The van der Waals surface area contributed by atoms with Gasteiger partial charge in [-0.05, 0) is 20.8 Å². The Bertz CT molecular complexity index is 233. The lowest BCUT2D eigenvalue weighted by Gasteiger charge is -2.26. The van der Waals surface area contributed by atoms with Gasteiger partial charge in [-0.2, -0.15) is 0 Å². The molecule has 6 heteroatoms. The van der Waals surface area contributed by atoms with Crippen LogP contribution in [0, 0.1) is 0 Å².